The van der Waals surface area contributed by atoms with Crippen LogP contribution in [-0.4, -0.2) is 28.7 Å². The number of carboxylic acids is 1. The first-order valence-corrected chi connectivity index (χ1v) is 6.77. The highest BCUT2D eigenvalue weighted by Crippen LogP contribution is 2.35. The Morgan fingerprint density at radius 3 is 3.00 bits per heavy atom. The van der Waals surface area contributed by atoms with E-state index in [1.807, 2.05) is 0 Å². The number of ether oxygens (including phenoxy) is 2. The van der Waals surface area contributed by atoms with E-state index in [4.69, 9.17) is 13.9 Å². The summed E-state index contributed by atoms with van der Waals surface area (Å²) in [6.45, 7) is 0.201. The zero-order valence-electron chi connectivity index (χ0n) is 10.2. The topological polar surface area (TPSA) is 97.5 Å². The molecule has 104 valence electrons. The van der Waals surface area contributed by atoms with E-state index in [0.717, 1.165) is 0 Å². The highest BCUT2D eigenvalue weighted by molar-refractivity contribution is 7.99. The van der Waals surface area contributed by atoms with Crippen molar-refractivity contribution in [2.45, 2.75) is 11.6 Å². The number of aromatic nitrogens is 2. The van der Waals surface area contributed by atoms with Crippen LogP contribution in [0.25, 0.3) is 11.5 Å². The summed E-state index contributed by atoms with van der Waals surface area (Å²) in [4.78, 5) is 10.3. The molecule has 1 aliphatic rings. The molecule has 1 aliphatic heterocycles. The summed E-state index contributed by atoms with van der Waals surface area (Å²) in [6.07, 6.45) is -0.0631. The number of thioether (sulfide) groups is 1. The summed E-state index contributed by atoms with van der Waals surface area (Å²) in [5.74, 6) is 0.876. The first kappa shape index (κ1) is 12.8. The normalized spacial score (nSPS) is 12.6. The number of aliphatic carboxylic acids is 1. The van der Waals surface area contributed by atoms with Gasteiger partial charge in [0.05, 0.1) is 0 Å². The van der Waals surface area contributed by atoms with E-state index in [-0.39, 0.29) is 13.2 Å². The molecule has 7 nitrogen and oxygen atoms in total. The molecular formula is C12H9N2O5S-. The molecule has 0 fully saturated rings. The van der Waals surface area contributed by atoms with Gasteiger partial charge in [-0.25, -0.2) is 0 Å². The van der Waals surface area contributed by atoms with Gasteiger partial charge in [0.25, 0.3) is 5.22 Å². The van der Waals surface area contributed by atoms with Gasteiger partial charge < -0.3 is 23.8 Å². The number of carbonyl (C=O) groups is 1. The zero-order valence-corrected chi connectivity index (χ0v) is 11.0. The third-order valence-corrected chi connectivity index (χ3v) is 3.38. The quantitative estimate of drug-likeness (QED) is 0.743. The van der Waals surface area contributed by atoms with E-state index < -0.39 is 5.97 Å². The minimum Gasteiger partial charge on any atom is -0.550 e. The van der Waals surface area contributed by atoms with Crippen LogP contribution in [0.4, 0.5) is 0 Å². The number of hydrogen-bond acceptors (Lipinski definition) is 8. The number of fused-ring (bicyclic) bond motifs is 1. The average molecular weight is 293 g/mol. The van der Waals surface area contributed by atoms with Crippen LogP contribution in [0.1, 0.15) is 6.42 Å². The molecule has 0 unspecified atom stereocenters. The van der Waals surface area contributed by atoms with Crippen LogP contribution in [0.3, 0.4) is 0 Å². The monoisotopic (exact) mass is 293 g/mol. The van der Waals surface area contributed by atoms with Gasteiger partial charge in [-0.15, -0.1) is 10.2 Å². The van der Waals surface area contributed by atoms with E-state index in [0.29, 0.717) is 33.9 Å². The Morgan fingerprint density at radius 1 is 1.30 bits per heavy atom. The molecule has 0 saturated carbocycles. The summed E-state index contributed by atoms with van der Waals surface area (Å²) in [5, 5.41) is 18.4. The van der Waals surface area contributed by atoms with Crippen LogP contribution in [-0.2, 0) is 4.79 Å². The van der Waals surface area contributed by atoms with E-state index >= 15 is 0 Å². The van der Waals surface area contributed by atoms with Crippen molar-refractivity contribution in [3.05, 3.63) is 18.2 Å². The second-order valence-electron chi connectivity index (χ2n) is 3.91. The summed E-state index contributed by atoms with van der Waals surface area (Å²) in [7, 11) is 0. The lowest BCUT2D eigenvalue weighted by atomic mass is 10.2. The van der Waals surface area contributed by atoms with Crippen LogP contribution < -0.4 is 14.6 Å². The summed E-state index contributed by atoms with van der Waals surface area (Å²) in [6, 6.07) is 5.31. The molecule has 8 heteroatoms. The Bertz CT molecular complexity index is 643. The molecule has 2 heterocycles. The van der Waals surface area contributed by atoms with Gasteiger partial charge in [-0.3, -0.25) is 0 Å². The van der Waals surface area contributed by atoms with E-state index in [9.17, 15) is 9.90 Å². The fraction of sp³-hybridized carbons (Fsp3) is 0.250. The smallest absolute Gasteiger partial charge is 0.276 e. The fourth-order valence-corrected chi connectivity index (χ4v) is 2.32. The van der Waals surface area contributed by atoms with Gasteiger partial charge in [-0.05, 0) is 24.6 Å². The average Bonchev–Trinajstić information content (AvgIpc) is 3.05. The van der Waals surface area contributed by atoms with E-state index in [1.165, 1.54) is 11.8 Å². The molecule has 0 N–H and O–H groups in total. The van der Waals surface area contributed by atoms with Crippen molar-refractivity contribution in [1.82, 2.24) is 10.2 Å². The summed E-state index contributed by atoms with van der Waals surface area (Å²) in [5.41, 5.74) is 0.716. The first-order valence-electron chi connectivity index (χ1n) is 5.78. The molecule has 1 aromatic carbocycles. The van der Waals surface area contributed by atoms with Crippen molar-refractivity contribution >= 4 is 17.7 Å². The Labute approximate surface area is 117 Å². The molecule has 0 spiro atoms. The van der Waals surface area contributed by atoms with Gasteiger partial charge in [0, 0.05) is 17.3 Å². The molecule has 0 saturated heterocycles. The molecular weight excluding hydrogens is 284 g/mol. The maximum Gasteiger partial charge on any atom is 0.276 e. The van der Waals surface area contributed by atoms with Crippen molar-refractivity contribution in [3.8, 4) is 23.0 Å². The van der Waals surface area contributed by atoms with Crippen LogP contribution in [0.15, 0.2) is 27.8 Å². The highest BCUT2D eigenvalue weighted by atomic mass is 32.2. The molecule has 0 bridgehead atoms. The number of carbonyl (C=O) groups excluding carboxylic acids is 1. The van der Waals surface area contributed by atoms with Crippen molar-refractivity contribution < 1.29 is 23.8 Å². The summed E-state index contributed by atoms with van der Waals surface area (Å²) < 4.78 is 15.9. The van der Waals surface area contributed by atoms with Gasteiger partial charge in [0.15, 0.2) is 11.5 Å². The Morgan fingerprint density at radius 2 is 2.15 bits per heavy atom. The molecule has 0 radical (unpaired) electrons. The number of hydrogen-bond donors (Lipinski definition) is 0. The standard InChI is InChI=1S/C12H10N2O5S/c15-10(16)3-4-20-12-14-13-11(19-12)7-1-2-8-9(5-7)18-6-17-8/h1-2,5H,3-4,6H2,(H,15,16)/p-1. The molecule has 2 aromatic rings. The van der Waals surface area contributed by atoms with Crippen molar-refractivity contribution in [1.29, 1.82) is 0 Å². The van der Waals surface area contributed by atoms with Gasteiger partial charge in [-0.2, -0.15) is 0 Å². The number of carboxylic acid groups (broad SMARTS) is 1. The third kappa shape index (κ3) is 2.69. The van der Waals surface area contributed by atoms with E-state index in [1.54, 1.807) is 18.2 Å². The van der Waals surface area contributed by atoms with Gasteiger partial charge in [0.1, 0.15) is 0 Å². The number of nitrogens with zero attached hydrogens (tertiary/aromatic N) is 2. The lowest BCUT2D eigenvalue weighted by Crippen LogP contribution is -2.22. The Kier molecular flexibility index (Phi) is 3.46. The van der Waals surface area contributed by atoms with Crippen molar-refractivity contribution in [2.75, 3.05) is 12.5 Å². The van der Waals surface area contributed by atoms with Crippen LogP contribution in [0, 0.1) is 0 Å². The predicted molar refractivity (Wildman–Crippen MR) is 66.2 cm³/mol. The third-order valence-electron chi connectivity index (χ3n) is 2.56. The lowest BCUT2D eigenvalue weighted by Gasteiger charge is -1.99. The molecule has 0 amide bonds. The molecule has 0 atom stereocenters. The second kappa shape index (κ2) is 5.41. The largest absolute Gasteiger partial charge is 0.550 e. The minimum absolute atomic E-state index is 0.0631. The predicted octanol–water partition coefficient (Wildman–Crippen LogP) is 0.697. The van der Waals surface area contributed by atoms with Crippen LogP contribution in [0.2, 0.25) is 0 Å². The second-order valence-corrected chi connectivity index (χ2v) is 4.96. The van der Waals surface area contributed by atoms with Crippen molar-refractivity contribution in [2.24, 2.45) is 0 Å². The first-order chi connectivity index (χ1) is 9.72. The maximum absolute atomic E-state index is 10.3. The zero-order chi connectivity index (χ0) is 13.9. The molecule has 20 heavy (non-hydrogen) atoms. The lowest BCUT2D eigenvalue weighted by molar-refractivity contribution is -0.305. The summed E-state index contributed by atoms with van der Waals surface area (Å²) >= 11 is 1.17. The molecule has 3 rings (SSSR count). The molecule has 1 aromatic heterocycles. The maximum atomic E-state index is 10.3. The SMILES string of the molecule is O=C([O-])CCSc1nnc(-c2ccc3c(c2)OCO3)o1. The fourth-order valence-electron chi connectivity index (χ4n) is 1.64. The van der Waals surface area contributed by atoms with Gasteiger partial charge >= 0.3 is 0 Å². The number of benzene rings is 1. The van der Waals surface area contributed by atoms with Crippen LogP contribution >= 0.6 is 11.8 Å². The highest BCUT2D eigenvalue weighted by Gasteiger charge is 2.16. The minimum atomic E-state index is -1.10. The molecule has 0 aliphatic carbocycles. The van der Waals surface area contributed by atoms with Gasteiger partial charge in [-0.1, -0.05) is 11.8 Å². The van der Waals surface area contributed by atoms with E-state index in [2.05, 4.69) is 10.2 Å². The van der Waals surface area contributed by atoms with Crippen molar-refractivity contribution in [3.63, 3.8) is 0 Å². The van der Waals surface area contributed by atoms with Crippen LogP contribution in [0.5, 0.6) is 11.5 Å². The van der Waals surface area contributed by atoms with Gasteiger partial charge in [0.2, 0.25) is 12.7 Å². The number of rotatable bonds is 5. The Hall–Kier alpha value is -2.22. The Balaban J connectivity index is 1.71.